The smallest absolute Gasteiger partial charge is 0.299 e. The lowest BCUT2D eigenvalue weighted by atomic mass is 10.1. The molecule has 6 N–H and O–H groups in total. The summed E-state index contributed by atoms with van der Waals surface area (Å²) in [6.45, 7) is 1.16. The molecule has 1 aromatic heterocycles. The minimum absolute atomic E-state index is 0.0216. The first-order valence-corrected chi connectivity index (χ1v) is 21.2. The van der Waals surface area contributed by atoms with Crippen molar-refractivity contribution in [2.45, 2.75) is 28.0 Å². The van der Waals surface area contributed by atoms with Crippen LogP contribution in [0.4, 0.5) is 22.2 Å². The van der Waals surface area contributed by atoms with E-state index < -0.39 is 88.9 Å². The molecule has 0 unspecified atom stereocenters. The normalized spacial score (nSPS) is 13.1. The summed E-state index contributed by atoms with van der Waals surface area (Å²) in [7, 11) is -18.4. The van der Waals surface area contributed by atoms with Crippen LogP contribution in [0.3, 0.4) is 0 Å². The molecule has 1 heterocycles. The largest absolute Gasteiger partial charge is 0.506 e. The summed E-state index contributed by atoms with van der Waals surface area (Å²) in [5.74, 6) is -3.08. The van der Waals surface area contributed by atoms with E-state index in [9.17, 15) is 57.5 Å². The van der Waals surface area contributed by atoms with Crippen molar-refractivity contribution in [1.82, 2.24) is 4.98 Å². The number of hydrogen-bond donors (Lipinski definition) is 6. The van der Waals surface area contributed by atoms with E-state index in [2.05, 4.69) is 25.4 Å². The van der Waals surface area contributed by atoms with Gasteiger partial charge in [0.1, 0.15) is 38.4 Å². The summed E-state index contributed by atoms with van der Waals surface area (Å²) < 4.78 is 144. The highest BCUT2D eigenvalue weighted by Crippen LogP contribution is 2.46. The summed E-state index contributed by atoms with van der Waals surface area (Å²) in [5, 5.41) is 35.8. The Morgan fingerprint density at radius 2 is 1.41 bits per heavy atom. The molecular weight excluding hydrogens is 823 g/mol. The Morgan fingerprint density at radius 1 is 0.741 bits per heavy atom. The van der Waals surface area contributed by atoms with Gasteiger partial charge in [0, 0.05) is 16.8 Å². The molecule has 0 saturated carbocycles. The maximum absolute atomic E-state index is 12.4. The number of rotatable bonds is 13. The van der Waals surface area contributed by atoms with Crippen molar-refractivity contribution in [2.75, 3.05) is 19.5 Å². The summed E-state index contributed by atoms with van der Waals surface area (Å²) in [6, 6.07) is 7.53. The summed E-state index contributed by atoms with van der Waals surface area (Å²) in [6.07, 6.45) is -0.229. The highest BCUT2D eigenvalue weighted by molar-refractivity contribution is 7.87. The predicted octanol–water partition coefficient (Wildman–Crippen LogP) is 5.41. The monoisotopic (exact) mass is 847 g/mol. The Labute approximate surface area is 309 Å². The summed E-state index contributed by atoms with van der Waals surface area (Å²) >= 11 is 0.756. The van der Waals surface area contributed by atoms with Gasteiger partial charge in [-0.05, 0) is 55.3 Å². The van der Waals surface area contributed by atoms with E-state index in [0.717, 1.165) is 23.5 Å². The van der Waals surface area contributed by atoms with Gasteiger partial charge in [0.2, 0.25) is 5.13 Å². The van der Waals surface area contributed by atoms with E-state index in [1.54, 1.807) is 0 Å². The van der Waals surface area contributed by atoms with Gasteiger partial charge in [-0.1, -0.05) is 11.3 Å². The molecule has 0 bridgehead atoms. The van der Waals surface area contributed by atoms with E-state index in [-0.39, 0.29) is 51.2 Å². The molecule has 288 valence electrons. The lowest BCUT2D eigenvalue weighted by molar-refractivity contribution is 0.317. The molecule has 0 aliphatic heterocycles. The van der Waals surface area contributed by atoms with E-state index in [0.29, 0.717) is 11.6 Å². The van der Waals surface area contributed by atoms with Crippen molar-refractivity contribution in [2.24, 2.45) is 20.5 Å². The number of thiazole rings is 1. The highest BCUT2D eigenvalue weighted by Gasteiger charge is 2.28. The number of methoxy groups -OCH3 is 1. The second-order valence-corrected chi connectivity index (χ2v) is 17.6. The third-order valence-corrected chi connectivity index (χ3v) is 11.9. The van der Waals surface area contributed by atoms with E-state index in [1.807, 2.05) is 0 Å². The molecular formula is C28H25N5O16S5. The minimum Gasteiger partial charge on any atom is -0.506 e. The first kappa shape index (κ1) is 40.3. The summed E-state index contributed by atoms with van der Waals surface area (Å²) in [4.78, 5) is 1.32. The van der Waals surface area contributed by atoms with Gasteiger partial charge < -0.3 is 19.7 Å². The van der Waals surface area contributed by atoms with Crippen LogP contribution in [0.2, 0.25) is 0 Å². The number of phenols is 2. The molecule has 5 rings (SSSR count). The van der Waals surface area contributed by atoms with Crippen LogP contribution in [0.5, 0.6) is 23.0 Å². The second-order valence-electron chi connectivity index (χ2n) is 10.9. The molecule has 5 aromatic rings. The summed E-state index contributed by atoms with van der Waals surface area (Å²) in [5.41, 5.74) is -0.591. The lowest BCUT2D eigenvalue weighted by Gasteiger charge is -2.13. The second kappa shape index (κ2) is 14.7. The average Bonchev–Trinajstić information content (AvgIpc) is 3.46. The third kappa shape index (κ3) is 8.71. The molecule has 21 nitrogen and oxygen atoms in total. The first-order valence-electron chi connectivity index (χ1n) is 14.5. The number of aromatic nitrogens is 1. The van der Waals surface area contributed by atoms with Crippen LogP contribution in [-0.4, -0.2) is 86.5 Å². The Hall–Kier alpha value is -4.93. The molecule has 0 radical (unpaired) electrons. The van der Waals surface area contributed by atoms with Crippen molar-refractivity contribution in [3.63, 3.8) is 0 Å². The zero-order valence-corrected chi connectivity index (χ0v) is 31.3. The van der Waals surface area contributed by atoms with Crippen LogP contribution >= 0.6 is 11.3 Å². The topological polar surface area (TPSA) is 339 Å². The Balaban J connectivity index is 1.62. The Morgan fingerprint density at radius 3 is 2.02 bits per heavy atom. The Bertz CT molecular complexity index is 2860. The van der Waals surface area contributed by atoms with Gasteiger partial charge in [0.05, 0.1) is 35.4 Å². The third-order valence-electron chi connectivity index (χ3n) is 7.22. The SMILES string of the molecule is COc1ccc2nc(N=Nc3cc(OCCCS(=O)(=O)O)c(N=Nc4c(S(=O)(=O)O)cc5c(S(=O)(=O)O)c(O)ccc5c4O)cc3C)sc2c1S(=O)(=O)O. The number of aryl methyl sites for hydroxylation is 1. The Kier molecular flexibility index (Phi) is 11.0. The quantitative estimate of drug-likeness (QED) is 0.0490. The lowest BCUT2D eigenvalue weighted by Crippen LogP contribution is -2.08. The van der Waals surface area contributed by atoms with Crippen LogP contribution in [0.1, 0.15) is 12.0 Å². The van der Waals surface area contributed by atoms with E-state index in [1.165, 1.54) is 38.3 Å². The van der Waals surface area contributed by atoms with Crippen molar-refractivity contribution < 1.29 is 71.6 Å². The fraction of sp³-hybridized carbons (Fsp3) is 0.179. The predicted molar refractivity (Wildman–Crippen MR) is 189 cm³/mol. The van der Waals surface area contributed by atoms with Gasteiger partial charge >= 0.3 is 0 Å². The number of phenolic OH excluding ortho intramolecular Hbond substituents is 2. The van der Waals surface area contributed by atoms with Crippen LogP contribution in [0, 0.1) is 6.92 Å². The van der Waals surface area contributed by atoms with Gasteiger partial charge in [-0.3, -0.25) is 18.2 Å². The molecule has 0 atom stereocenters. The standard InChI is InChI=1S/C28H25N5O16S5/c1-13-10-18(31-32-23-22(52(39,40)41)11-15-14(24(23)35)4-6-19(34)26(15)53(42,43)44)21(49-8-3-9-51(36,37)38)12-17(13)30-33-28-29-16-5-7-20(48-2)27(25(16)50-28)54(45,46)47/h4-7,10-12,34-35H,3,8-9H2,1-2H3,(H,36,37,38)(H,39,40,41)(H,42,43,44)(H,45,46,47). The van der Waals surface area contributed by atoms with Crippen LogP contribution in [0.15, 0.2) is 77.6 Å². The molecule has 0 spiro atoms. The van der Waals surface area contributed by atoms with E-state index >= 15 is 0 Å². The van der Waals surface area contributed by atoms with E-state index in [4.69, 9.17) is 14.0 Å². The average molecular weight is 848 g/mol. The first-order chi connectivity index (χ1) is 25.0. The zero-order chi connectivity index (χ0) is 40.0. The minimum atomic E-state index is -5.31. The van der Waals surface area contributed by atoms with Crippen LogP contribution in [-0.2, 0) is 40.5 Å². The van der Waals surface area contributed by atoms with Crippen molar-refractivity contribution in [3.05, 3.63) is 48.0 Å². The maximum Gasteiger partial charge on any atom is 0.299 e. The van der Waals surface area contributed by atoms with Crippen molar-refractivity contribution in [1.29, 1.82) is 0 Å². The number of azo groups is 2. The number of hydrogen-bond acceptors (Lipinski definition) is 18. The number of nitrogens with zero attached hydrogens (tertiary/aromatic N) is 5. The maximum atomic E-state index is 12.4. The number of aromatic hydroxyl groups is 2. The fourth-order valence-corrected chi connectivity index (χ4v) is 8.83. The molecule has 0 aliphatic carbocycles. The molecule has 54 heavy (non-hydrogen) atoms. The van der Waals surface area contributed by atoms with Crippen LogP contribution in [0.25, 0.3) is 21.0 Å². The molecule has 0 amide bonds. The molecule has 0 saturated heterocycles. The highest BCUT2D eigenvalue weighted by atomic mass is 32.2. The zero-order valence-electron chi connectivity index (χ0n) is 27.2. The van der Waals surface area contributed by atoms with Gasteiger partial charge in [-0.15, -0.1) is 20.5 Å². The number of ether oxygens (including phenoxy) is 2. The molecule has 4 aromatic carbocycles. The van der Waals surface area contributed by atoms with Crippen LogP contribution < -0.4 is 9.47 Å². The van der Waals surface area contributed by atoms with Crippen molar-refractivity contribution >= 4 is 95.0 Å². The number of fused-ring (bicyclic) bond motifs is 2. The van der Waals surface area contributed by atoms with Crippen molar-refractivity contribution in [3.8, 4) is 23.0 Å². The van der Waals surface area contributed by atoms with Gasteiger partial charge in [-0.25, -0.2) is 4.98 Å². The molecule has 0 fully saturated rings. The fourth-order valence-electron chi connectivity index (χ4n) is 4.92. The number of benzene rings is 4. The van der Waals surface area contributed by atoms with Gasteiger partial charge in [0.15, 0.2) is 10.6 Å². The van der Waals surface area contributed by atoms with Gasteiger partial charge in [0.25, 0.3) is 40.5 Å². The molecule has 0 aliphatic rings. The molecule has 26 heteroatoms. The van der Waals surface area contributed by atoms with Gasteiger partial charge in [-0.2, -0.15) is 33.7 Å².